The number of hydrogen-bond acceptors (Lipinski definition) is 4. The molecule has 2 aromatic rings. The van der Waals surface area contributed by atoms with E-state index in [2.05, 4.69) is 15.3 Å². The van der Waals surface area contributed by atoms with Crippen LogP contribution < -0.4 is 5.32 Å². The van der Waals surface area contributed by atoms with Crippen LogP contribution >= 0.6 is 22.9 Å². The lowest BCUT2D eigenvalue weighted by molar-refractivity contribution is 0.0935. The molecule has 0 fully saturated rings. The summed E-state index contributed by atoms with van der Waals surface area (Å²) in [6.45, 7) is 1.95. The van der Waals surface area contributed by atoms with Crippen molar-refractivity contribution in [1.29, 1.82) is 0 Å². The Bertz CT molecular complexity index is 530. The summed E-state index contributed by atoms with van der Waals surface area (Å²) in [5, 5.41) is 5.10. The first-order valence-electron chi connectivity index (χ1n) is 5.46. The molecule has 2 aromatic heterocycles. The summed E-state index contributed by atoms with van der Waals surface area (Å²) in [5.74, 6) is -0.256. The molecule has 0 saturated heterocycles. The van der Waals surface area contributed by atoms with E-state index in [9.17, 15) is 4.79 Å². The first-order valence-corrected chi connectivity index (χ1v) is 6.71. The van der Waals surface area contributed by atoms with Gasteiger partial charge < -0.3 is 5.32 Å². The number of nitrogens with zero attached hydrogens (tertiary/aromatic N) is 2. The summed E-state index contributed by atoms with van der Waals surface area (Å²) < 4.78 is 0. The summed E-state index contributed by atoms with van der Waals surface area (Å²) in [6, 6.07) is 4.08. The smallest absolute Gasteiger partial charge is 0.271 e. The van der Waals surface area contributed by atoms with Gasteiger partial charge in [0, 0.05) is 17.3 Å². The number of thiophene rings is 1. The summed E-state index contributed by atoms with van der Waals surface area (Å²) in [5.41, 5.74) is 0.237. The van der Waals surface area contributed by atoms with Gasteiger partial charge in [-0.2, -0.15) is 0 Å². The summed E-state index contributed by atoms with van der Waals surface area (Å²) in [4.78, 5) is 20.9. The van der Waals surface area contributed by atoms with Crippen LogP contribution in [0.4, 0.5) is 0 Å². The SMILES string of the molecule is CC(Cc1cccs1)NC(=O)c1cncc(Cl)n1. The molecule has 0 aliphatic carbocycles. The second-order valence-corrected chi connectivity index (χ2v) is 5.30. The molecular formula is C12H12ClN3OS. The lowest BCUT2D eigenvalue weighted by Crippen LogP contribution is -2.34. The largest absolute Gasteiger partial charge is 0.348 e. The molecule has 0 aromatic carbocycles. The van der Waals surface area contributed by atoms with Gasteiger partial charge in [-0.3, -0.25) is 9.78 Å². The van der Waals surface area contributed by atoms with Crippen molar-refractivity contribution in [3.8, 4) is 0 Å². The zero-order chi connectivity index (χ0) is 13.0. The molecule has 1 atom stereocenters. The molecule has 18 heavy (non-hydrogen) atoms. The molecule has 0 saturated carbocycles. The van der Waals surface area contributed by atoms with Gasteiger partial charge in [-0.15, -0.1) is 11.3 Å². The Morgan fingerprint density at radius 3 is 3.06 bits per heavy atom. The molecule has 1 amide bonds. The molecule has 6 heteroatoms. The molecule has 4 nitrogen and oxygen atoms in total. The predicted molar refractivity (Wildman–Crippen MR) is 72.0 cm³/mol. The number of carbonyl (C=O) groups is 1. The normalized spacial score (nSPS) is 12.1. The molecule has 0 aliphatic rings. The highest BCUT2D eigenvalue weighted by Crippen LogP contribution is 2.11. The van der Waals surface area contributed by atoms with E-state index in [-0.39, 0.29) is 22.8 Å². The van der Waals surface area contributed by atoms with E-state index in [4.69, 9.17) is 11.6 Å². The first-order chi connectivity index (χ1) is 8.65. The maximum Gasteiger partial charge on any atom is 0.271 e. The Morgan fingerprint density at radius 1 is 1.56 bits per heavy atom. The van der Waals surface area contributed by atoms with E-state index in [1.165, 1.54) is 17.3 Å². The van der Waals surface area contributed by atoms with Crippen LogP contribution in [0, 0.1) is 0 Å². The highest BCUT2D eigenvalue weighted by atomic mass is 35.5. The van der Waals surface area contributed by atoms with Gasteiger partial charge in [-0.25, -0.2) is 4.98 Å². The molecule has 2 heterocycles. The summed E-state index contributed by atoms with van der Waals surface area (Å²) >= 11 is 7.36. The maximum absolute atomic E-state index is 11.9. The van der Waals surface area contributed by atoms with Crippen LogP contribution in [-0.2, 0) is 6.42 Å². The fourth-order valence-electron chi connectivity index (χ4n) is 1.53. The van der Waals surface area contributed by atoms with Crippen LogP contribution in [0.1, 0.15) is 22.3 Å². The zero-order valence-corrected chi connectivity index (χ0v) is 11.3. The Morgan fingerprint density at radius 2 is 2.39 bits per heavy atom. The molecule has 2 rings (SSSR count). The van der Waals surface area contributed by atoms with E-state index >= 15 is 0 Å². The molecule has 94 valence electrons. The van der Waals surface area contributed by atoms with Crippen LogP contribution in [0.25, 0.3) is 0 Å². The monoisotopic (exact) mass is 281 g/mol. The van der Waals surface area contributed by atoms with Gasteiger partial charge in [0.25, 0.3) is 5.91 Å². The van der Waals surface area contributed by atoms with Gasteiger partial charge in [-0.1, -0.05) is 17.7 Å². The molecule has 0 radical (unpaired) electrons. The number of aromatic nitrogens is 2. The van der Waals surface area contributed by atoms with Crippen molar-refractivity contribution >= 4 is 28.8 Å². The third-order valence-corrected chi connectivity index (χ3v) is 3.38. The Kier molecular flexibility index (Phi) is 4.28. The third-order valence-electron chi connectivity index (χ3n) is 2.30. The summed E-state index contributed by atoms with van der Waals surface area (Å²) in [7, 11) is 0. The zero-order valence-electron chi connectivity index (χ0n) is 9.76. The maximum atomic E-state index is 11.9. The van der Waals surface area contributed by atoms with E-state index in [0.29, 0.717) is 0 Å². The van der Waals surface area contributed by atoms with Crippen LogP contribution in [-0.4, -0.2) is 21.9 Å². The second kappa shape index (κ2) is 5.93. The number of amides is 1. The van der Waals surface area contributed by atoms with Crippen molar-refractivity contribution in [1.82, 2.24) is 15.3 Å². The minimum Gasteiger partial charge on any atom is -0.348 e. The number of hydrogen-bond donors (Lipinski definition) is 1. The van der Waals surface area contributed by atoms with Crippen molar-refractivity contribution in [2.24, 2.45) is 0 Å². The van der Waals surface area contributed by atoms with Crippen LogP contribution in [0.5, 0.6) is 0 Å². The number of halogens is 1. The van der Waals surface area contributed by atoms with Crippen LogP contribution in [0.15, 0.2) is 29.9 Å². The molecule has 1 N–H and O–H groups in total. The number of rotatable bonds is 4. The highest BCUT2D eigenvalue weighted by Gasteiger charge is 2.12. The highest BCUT2D eigenvalue weighted by molar-refractivity contribution is 7.09. The van der Waals surface area contributed by atoms with Crippen LogP contribution in [0.2, 0.25) is 5.15 Å². The lowest BCUT2D eigenvalue weighted by Gasteiger charge is -2.12. The van der Waals surface area contributed by atoms with Gasteiger partial charge >= 0.3 is 0 Å². The Labute approximate surface area is 114 Å². The predicted octanol–water partition coefficient (Wildman–Crippen LogP) is 2.55. The third kappa shape index (κ3) is 3.51. The molecule has 0 bridgehead atoms. The minimum atomic E-state index is -0.256. The fraction of sp³-hybridized carbons (Fsp3) is 0.250. The van der Waals surface area contributed by atoms with E-state index in [1.807, 2.05) is 24.4 Å². The average Bonchev–Trinajstić information content (AvgIpc) is 2.81. The van der Waals surface area contributed by atoms with Crippen molar-refractivity contribution < 1.29 is 4.79 Å². The van der Waals surface area contributed by atoms with Gasteiger partial charge in [0.05, 0.1) is 12.4 Å². The molecule has 0 spiro atoms. The first kappa shape index (κ1) is 13.0. The number of nitrogens with one attached hydrogen (secondary N) is 1. The van der Waals surface area contributed by atoms with Crippen molar-refractivity contribution in [2.45, 2.75) is 19.4 Å². The Balaban J connectivity index is 1.95. The molecule has 1 unspecified atom stereocenters. The Hall–Kier alpha value is -1.46. The van der Waals surface area contributed by atoms with Gasteiger partial charge in [0.2, 0.25) is 0 Å². The van der Waals surface area contributed by atoms with E-state index in [0.717, 1.165) is 6.42 Å². The van der Waals surface area contributed by atoms with Gasteiger partial charge in [-0.05, 0) is 18.4 Å². The minimum absolute atomic E-state index is 0.0388. The number of carbonyl (C=O) groups excluding carboxylic acids is 1. The standard InChI is InChI=1S/C12H12ClN3OS/c1-8(5-9-3-2-4-18-9)15-12(17)10-6-14-7-11(13)16-10/h2-4,6-8H,5H2,1H3,(H,15,17). The second-order valence-electron chi connectivity index (χ2n) is 3.89. The quantitative estimate of drug-likeness (QED) is 0.937. The topological polar surface area (TPSA) is 54.9 Å². The van der Waals surface area contributed by atoms with Gasteiger partial charge in [0.15, 0.2) is 0 Å². The molecular weight excluding hydrogens is 270 g/mol. The van der Waals surface area contributed by atoms with E-state index < -0.39 is 0 Å². The van der Waals surface area contributed by atoms with Crippen molar-refractivity contribution in [3.05, 3.63) is 45.6 Å². The van der Waals surface area contributed by atoms with E-state index in [1.54, 1.807) is 11.3 Å². The van der Waals surface area contributed by atoms with Crippen molar-refractivity contribution in [3.63, 3.8) is 0 Å². The van der Waals surface area contributed by atoms with Crippen LogP contribution in [0.3, 0.4) is 0 Å². The summed E-state index contributed by atoms with van der Waals surface area (Å²) in [6.07, 6.45) is 3.60. The van der Waals surface area contributed by atoms with Gasteiger partial charge in [0.1, 0.15) is 10.8 Å². The van der Waals surface area contributed by atoms with Crippen molar-refractivity contribution in [2.75, 3.05) is 0 Å². The average molecular weight is 282 g/mol. The fourth-order valence-corrected chi connectivity index (χ4v) is 2.51. The molecule has 0 aliphatic heterocycles. The lowest BCUT2D eigenvalue weighted by atomic mass is 10.2.